The van der Waals surface area contributed by atoms with Crippen molar-refractivity contribution < 1.29 is 4.79 Å². The van der Waals surface area contributed by atoms with Crippen molar-refractivity contribution in [2.75, 3.05) is 5.32 Å². The summed E-state index contributed by atoms with van der Waals surface area (Å²) in [6, 6.07) is 6.23. The van der Waals surface area contributed by atoms with Gasteiger partial charge in [0.1, 0.15) is 0 Å². The number of hydrogen-bond donors (Lipinski definition) is 1. The predicted octanol–water partition coefficient (Wildman–Crippen LogP) is 2.98. The van der Waals surface area contributed by atoms with Crippen molar-refractivity contribution in [2.24, 2.45) is 5.92 Å². The Labute approximate surface area is 140 Å². The Morgan fingerprint density at radius 1 is 1.29 bits per heavy atom. The second kappa shape index (κ2) is 6.11. The molecule has 1 aliphatic rings. The zero-order chi connectivity index (χ0) is 16.5. The molecule has 1 N–H and O–H groups in total. The van der Waals surface area contributed by atoms with Gasteiger partial charge in [-0.05, 0) is 37.3 Å². The molecule has 1 saturated carbocycles. The zero-order valence-corrected chi connectivity index (χ0v) is 13.8. The van der Waals surface area contributed by atoms with Gasteiger partial charge in [0.25, 0.3) is 0 Å². The Morgan fingerprint density at radius 3 is 3.00 bits per heavy atom. The van der Waals surface area contributed by atoms with Gasteiger partial charge in [0, 0.05) is 24.5 Å². The van der Waals surface area contributed by atoms with E-state index in [4.69, 9.17) is 0 Å². The maximum Gasteiger partial charge on any atom is 0.226 e. The molecule has 1 fully saturated rings. The summed E-state index contributed by atoms with van der Waals surface area (Å²) in [6.45, 7) is 3.58. The standard InChI is InChI=1S/C18H21N5O/c1-13-2-5-15-9-20-23(17(15)8-13)7-6-18(24)21-16-10-19-22(12-16)11-14-3-4-14/h2,5,8-10,12,14H,3-4,6-7,11H2,1H3,(H,21,24). The number of aromatic nitrogens is 4. The second-order valence-electron chi connectivity index (χ2n) is 6.62. The quantitative estimate of drug-likeness (QED) is 0.758. The Kier molecular flexibility index (Phi) is 3.80. The molecule has 124 valence electrons. The highest BCUT2D eigenvalue weighted by atomic mass is 16.1. The van der Waals surface area contributed by atoms with Crippen LogP contribution in [-0.2, 0) is 17.9 Å². The molecule has 6 nitrogen and oxygen atoms in total. The fourth-order valence-electron chi connectivity index (χ4n) is 2.88. The number of anilines is 1. The summed E-state index contributed by atoms with van der Waals surface area (Å²) in [5.74, 6) is 0.752. The number of nitrogens with zero attached hydrogens (tertiary/aromatic N) is 4. The van der Waals surface area contributed by atoms with Gasteiger partial charge in [-0.2, -0.15) is 10.2 Å². The molecule has 3 aromatic rings. The maximum atomic E-state index is 12.2. The predicted molar refractivity (Wildman–Crippen MR) is 92.7 cm³/mol. The van der Waals surface area contributed by atoms with Crippen LogP contribution < -0.4 is 5.32 Å². The largest absolute Gasteiger partial charge is 0.323 e. The lowest BCUT2D eigenvalue weighted by molar-refractivity contribution is -0.116. The molecule has 0 unspecified atom stereocenters. The van der Waals surface area contributed by atoms with Crippen molar-refractivity contribution in [3.63, 3.8) is 0 Å². The van der Waals surface area contributed by atoms with E-state index in [0.29, 0.717) is 13.0 Å². The van der Waals surface area contributed by atoms with E-state index in [1.165, 1.54) is 18.4 Å². The van der Waals surface area contributed by atoms with E-state index in [0.717, 1.165) is 29.1 Å². The normalized spacial score (nSPS) is 14.2. The minimum absolute atomic E-state index is 0.0164. The van der Waals surface area contributed by atoms with E-state index in [9.17, 15) is 4.79 Å². The highest BCUT2D eigenvalue weighted by Gasteiger charge is 2.22. The minimum Gasteiger partial charge on any atom is -0.323 e. The first-order chi connectivity index (χ1) is 11.7. The van der Waals surface area contributed by atoms with Gasteiger partial charge in [0.2, 0.25) is 5.91 Å². The molecule has 0 aliphatic heterocycles. The number of rotatable bonds is 6. The van der Waals surface area contributed by atoms with Crippen LogP contribution in [0.25, 0.3) is 10.9 Å². The molecule has 4 rings (SSSR count). The lowest BCUT2D eigenvalue weighted by Gasteiger charge is -2.05. The molecule has 1 aromatic carbocycles. The molecule has 0 spiro atoms. The van der Waals surface area contributed by atoms with E-state index in [1.807, 2.05) is 21.8 Å². The number of benzene rings is 1. The number of amides is 1. The van der Waals surface area contributed by atoms with Gasteiger partial charge < -0.3 is 5.32 Å². The highest BCUT2D eigenvalue weighted by molar-refractivity contribution is 5.90. The average molecular weight is 323 g/mol. The monoisotopic (exact) mass is 323 g/mol. The smallest absolute Gasteiger partial charge is 0.226 e. The van der Waals surface area contributed by atoms with Gasteiger partial charge in [-0.1, -0.05) is 12.1 Å². The van der Waals surface area contributed by atoms with Crippen LogP contribution in [0.15, 0.2) is 36.8 Å². The summed E-state index contributed by atoms with van der Waals surface area (Å²) in [5, 5.41) is 12.7. The Hall–Kier alpha value is -2.63. The van der Waals surface area contributed by atoms with E-state index < -0.39 is 0 Å². The summed E-state index contributed by atoms with van der Waals surface area (Å²) in [6.07, 6.45) is 8.43. The van der Waals surface area contributed by atoms with E-state index in [1.54, 1.807) is 6.20 Å². The van der Waals surface area contributed by atoms with Gasteiger partial charge in [-0.25, -0.2) is 0 Å². The number of nitrogens with one attached hydrogen (secondary N) is 1. The van der Waals surface area contributed by atoms with Gasteiger partial charge in [0.05, 0.1) is 30.1 Å². The van der Waals surface area contributed by atoms with Crippen LogP contribution in [-0.4, -0.2) is 25.5 Å². The fourth-order valence-corrected chi connectivity index (χ4v) is 2.88. The molecular weight excluding hydrogens is 302 g/mol. The molecule has 6 heteroatoms. The zero-order valence-electron chi connectivity index (χ0n) is 13.8. The van der Waals surface area contributed by atoms with Gasteiger partial charge in [-0.3, -0.25) is 14.2 Å². The molecular formula is C18H21N5O. The van der Waals surface area contributed by atoms with Crippen LogP contribution in [0.4, 0.5) is 5.69 Å². The molecule has 0 saturated heterocycles. The molecule has 0 bridgehead atoms. The molecule has 1 aliphatic carbocycles. The van der Waals surface area contributed by atoms with Crippen molar-refractivity contribution in [1.82, 2.24) is 19.6 Å². The Morgan fingerprint density at radius 2 is 2.17 bits per heavy atom. The van der Waals surface area contributed by atoms with Crippen molar-refractivity contribution >= 4 is 22.5 Å². The van der Waals surface area contributed by atoms with Crippen molar-refractivity contribution in [3.8, 4) is 0 Å². The van der Waals surface area contributed by atoms with Crippen LogP contribution >= 0.6 is 0 Å². The lowest BCUT2D eigenvalue weighted by Crippen LogP contribution is -2.14. The van der Waals surface area contributed by atoms with Crippen molar-refractivity contribution in [3.05, 3.63) is 42.4 Å². The molecule has 0 radical (unpaired) electrons. The van der Waals surface area contributed by atoms with Crippen LogP contribution in [0.1, 0.15) is 24.8 Å². The number of hydrogen-bond acceptors (Lipinski definition) is 3. The van der Waals surface area contributed by atoms with Gasteiger partial charge >= 0.3 is 0 Å². The number of fused-ring (bicyclic) bond motifs is 1. The first kappa shape index (κ1) is 14.9. The number of aryl methyl sites for hydroxylation is 2. The maximum absolute atomic E-state index is 12.2. The molecule has 2 heterocycles. The summed E-state index contributed by atoms with van der Waals surface area (Å²) in [4.78, 5) is 12.2. The first-order valence-electron chi connectivity index (χ1n) is 8.42. The summed E-state index contributed by atoms with van der Waals surface area (Å²) in [5.41, 5.74) is 3.03. The van der Waals surface area contributed by atoms with Crippen LogP contribution in [0.2, 0.25) is 0 Å². The summed E-state index contributed by atoms with van der Waals surface area (Å²) in [7, 11) is 0. The Bertz CT molecular complexity index is 875. The second-order valence-corrected chi connectivity index (χ2v) is 6.62. The van der Waals surface area contributed by atoms with Gasteiger partial charge in [0.15, 0.2) is 0 Å². The van der Waals surface area contributed by atoms with Crippen molar-refractivity contribution in [2.45, 2.75) is 39.3 Å². The third-order valence-electron chi connectivity index (χ3n) is 4.41. The summed E-state index contributed by atoms with van der Waals surface area (Å²) >= 11 is 0. The van der Waals surface area contributed by atoms with E-state index in [-0.39, 0.29) is 5.91 Å². The Balaban J connectivity index is 1.35. The average Bonchev–Trinajstić information content (AvgIpc) is 3.12. The van der Waals surface area contributed by atoms with Crippen LogP contribution in [0.5, 0.6) is 0 Å². The highest BCUT2D eigenvalue weighted by Crippen LogP contribution is 2.30. The molecule has 0 atom stereocenters. The van der Waals surface area contributed by atoms with Crippen LogP contribution in [0, 0.1) is 12.8 Å². The van der Waals surface area contributed by atoms with Gasteiger partial charge in [-0.15, -0.1) is 0 Å². The minimum atomic E-state index is -0.0164. The number of carbonyl (C=O) groups excluding carboxylic acids is 1. The lowest BCUT2D eigenvalue weighted by atomic mass is 10.2. The van der Waals surface area contributed by atoms with Crippen molar-refractivity contribution in [1.29, 1.82) is 0 Å². The molecule has 2 aromatic heterocycles. The first-order valence-corrected chi connectivity index (χ1v) is 8.42. The van der Waals surface area contributed by atoms with Crippen LogP contribution in [0.3, 0.4) is 0 Å². The van der Waals surface area contributed by atoms with E-state index >= 15 is 0 Å². The molecule has 1 amide bonds. The number of carbonyl (C=O) groups is 1. The fraction of sp³-hybridized carbons (Fsp3) is 0.389. The third kappa shape index (κ3) is 3.32. The molecule has 24 heavy (non-hydrogen) atoms. The third-order valence-corrected chi connectivity index (χ3v) is 4.41. The summed E-state index contributed by atoms with van der Waals surface area (Å²) < 4.78 is 3.80. The topological polar surface area (TPSA) is 64.7 Å². The SMILES string of the molecule is Cc1ccc2cnn(CCC(=O)Nc3cnn(CC4CC4)c3)c2c1. The van der Waals surface area contributed by atoms with E-state index in [2.05, 4.69) is 40.6 Å².